The molecule has 0 aliphatic heterocycles. The molecule has 0 bridgehead atoms. The number of primary amides is 1. The van der Waals surface area contributed by atoms with Crippen LogP contribution in [0.1, 0.15) is 17.7 Å². The number of halogens is 2. The monoisotopic (exact) mass is 298 g/mol. The number of carbonyl (C=O) groups is 1. The number of carbonyl (C=O) groups excluding carboxylic acids is 1. The number of nitrogens with two attached hydrogens (primary N) is 1. The molecule has 0 saturated heterocycles. The molecule has 1 atom stereocenters. The van der Waals surface area contributed by atoms with Crippen LogP contribution < -0.4 is 5.73 Å². The van der Waals surface area contributed by atoms with E-state index in [9.17, 15) is 4.79 Å². The summed E-state index contributed by atoms with van der Waals surface area (Å²) in [4.78, 5) is 14.3. The predicted molar refractivity (Wildman–Crippen MR) is 73.5 cm³/mol. The lowest BCUT2D eigenvalue weighted by Gasteiger charge is -2.29. The van der Waals surface area contributed by atoms with E-state index in [0.29, 0.717) is 21.9 Å². The summed E-state index contributed by atoms with van der Waals surface area (Å²) in [6.07, 6.45) is 4.89. The number of amides is 1. The summed E-state index contributed by atoms with van der Waals surface area (Å²) >= 11 is 12.7. The maximum Gasteiger partial charge on any atom is 0.244 e. The summed E-state index contributed by atoms with van der Waals surface area (Å²) in [5.41, 5.74) is 6.86. The molecule has 1 aliphatic carbocycles. The average Bonchev–Trinajstić information content (AvgIpc) is 2.42. The van der Waals surface area contributed by atoms with Crippen molar-refractivity contribution in [2.75, 3.05) is 0 Å². The molecule has 0 saturated carbocycles. The molecule has 2 rings (SSSR count). The Balaban J connectivity index is 2.39. The van der Waals surface area contributed by atoms with Crippen molar-refractivity contribution in [2.45, 2.75) is 17.9 Å². The first-order chi connectivity index (χ1) is 8.97. The topological polar surface area (TPSA) is 76.2 Å². The van der Waals surface area contributed by atoms with Crippen molar-refractivity contribution >= 4 is 29.1 Å². The molecule has 4 nitrogen and oxygen atoms in total. The third kappa shape index (κ3) is 2.66. The van der Waals surface area contributed by atoms with Gasteiger partial charge in [0.1, 0.15) is 4.87 Å². The summed E-state index contributed by atoms with van der Waals surface area (Å²) in [6, 6.07) is 3.39. The predicted octanol–water partition coefficient (Wildman–Crippen LogP) is 1.95. The van der Waals surface area contributed by atoms with E-state index in [4.69, 9.17) is 34.0 Å². The minimum atomic E-state index is -1.04. The van der Waals surface area contributed by atoms with Gasteiger partial charge in [-0.15, -0.1) is 11.6 Å². The molecule has 19 heavy (non-hydrogen) atoms. The van der Waals surface area contributed by atoms with Crippen molar-refractivity contribution in [3.63, 3.8) is 0 Å². The smallest absolute Gasteiger partial charge is 0.244 e. The molecule has 0 aromatic carbocycles. The molecule has 1 unspecified atom stereocenters. The van der Waals surface area contributed by atoms with Crippen molar-refractivity contribution < 1.29 is 9.90 Å². The van der Waals surface area contributed by atoms with E-state index >= 15 is 0 Å². The van der Waals surface area contributed by atoms with E-state index in [1.807, 2.05) is 0 Å². The second-order valence-corrected chi connectivity index (χ2v) is 5.30. The SMILES string of the molecule is NC(=O)C1=CC=C(Cl)C(Cl)(c2ccc(CO)nc2)C1. The summed E-state index contributed by atoms with van der Waals surface area (Å²) < 4.78 is 0. The molecule has 0 fully saturated rings. The molecule has 1 aromatic heterocycles. The number of aromatic nitrogens is 1. The van der Waals surface area contributed by atoms with Crippen LogP contribution in [-0.2, 0) is 16.3 Å². The van der Waals surface area contributed by atoms with Crippen LogP contribution in [0.25, 0.3) is 0 Å². The molecule has 1 aromatic rings. The van der Waals surface area contributed by atoms with Crippen molar-refractivity contribution in [2.24, 2.45) is 5.73 Å². The van der Waals surface area contributed by atoms with Crippen molar-refractivity contribution in [3.8, 4) is 0 Å². The first-order valence-corrected chi connectivity index (χ1v) is 6.35. The van der Waals surface area contributed by atoms with Crippen LogP contribution >= 0.6 is 23.2 Å². The molecule has 6 heteroatoms. The Bertz CT molecular complexity index is 567. The molecular formula is C13H12Cl2N2O2. The third-order valence-corrected chi connectivity index (χ3v) is 4.11. The number of aliphatic hydroxyl groups excluding tert-OH is 1. The largest absolute Gasteiger partial charge is 0.390 e. The number of hydrogen-bond acceptors (Lipinski definition) is 3. The van der Waals surface area contributed by atoms with Gasteiger partial charge < -0.3 is 10.8 Å². The molecule has 1 aliphatic rings. The van der Waals surface area contributed by atoms with Crippen molar-refractivity contribution in [1.82, 2.24) is 4.98 Å². The summed E-state index contributed by atoms with van der Waals surface area (Å²) in [7, 11) is 0. The summed E-state index contributed by atoms with van der Waals surface area (Å²) in [6.45, 7) is -0.147. The lowest BCUT2D eigenvalue weighted by molar-refractivity contribution is -0.114. The van der Waals surface area contributed by atoms with E-state index in [0.717, 1.165) is 0 Å². The van der Waals surface area contributed by atoms with Crippen LogP contribution in [-0.4, -0.2) is 16.0 Å². The summed E-state index contributed by atoms with van der Waals surface area (Å²) in [5, 5.41) is 9.37. The van der Waals surface area contributed by atoms with Gasteiger partial charge >= 0.3 is 0 Å². The molecule has 1 amide bonds. The fraction of sp³-hybridized carbons (Fsp3) is 0.231. The highest BCUT2D eigenvalue weighted by atomic mass is 35.5. The Morgan fingerprint density at radius 3 is 2.74 bits per heavy atom. The Morgan fingerprint density at radius 2 is 2.21 bits per heavy atom. The number of pyridine rings is 1. The highest BCUT2D eigenvalue weighted by Gasteiger charge is 2.37. The highest BCUT2D eigenvalue weighted by Crippen LogP contribution is 2.46. The van der Waals surface area contributed by atoms with Crippen LogP contribution in [0.5, 0.6) is 0 Å². The van der Waals surface area contributed by atoms with Gasteiger partial charge in [-0.3, -0.25) is 9.78 Å². The minimum Gasteiger partial charge on any atom is -0.390 e. The quantitative estimate of drug-likeness (QED) is 0.838. The molecule has 100 valence electrons. The van der Waals surface area contributed by atoms with Gasteiger partial charge in [0.15, 0.2) is 0 Å². The fourth-order valence-electron chi connectivity index (χ4n) is 1.87. The van der Waals surface area contributed by atoms with Gasteiger partial charge in [-0.2, -0.15) is 0 Å². The van der Waals surface area contributed by atoms with Crippen LogP contribution in [0.4, 0.5) is 0 Å². The lowest BCUT2D eigenvalue weighted by Crippen LogP contribution is -2.27. The molecule has 3 N–H and O–H groups in total. The number of hydrogen-bond donors (Lipinski definition) is 2. The first kappa shape index (κ1) is 14.1. The van der Waals surface area contributed by atoms with Crippen LogP contribution in [0.15, 0.2) is 41.1 Å². The lowest BCUT2D eigenvalue weighted by atomic mass is 9.87. The van der Waals surface area contributed by atoms with Crippen LogP contribution in [0.3, 0.4) is 0 Å². The Morgan fingerprint density at radius 1 is 1.47 bits per heavy atom. The number of aliphatic hydroxyl groups is 1. The van der Waals surface area contributed by atoms with Gasteiger partial charge in [-0.25, -0.2) is 0 Å². The van der Waals surface area contributed by atoms with Crippen LogP contribution in [0.2, 0.25) is 0 Å². The Labute approximate surface area is 120 Å². The molecule has 0 spiro atoms. The Hall–Kier alpha value is -1.36. The second-order valence-electron chi connectivity index (χ2n) is 4.25. The summed E-state index contributed by atoms with van der Waals surface area (Å²) in [5.74, 6) is -0.523. The maximum absolute atomic E-state index is 11.3. The molecular weight excluding hydrogens is 287 g/mol. The van der Waals surface area contributed by atoms with E-state index in [1.54, 1.807) is 30.5 Å². The third-order valence-electron chi connectivity index (χ3n) is 3.00. The van der Waals surface area contributed by atoms with Gasteiger partial charge in [-0.1, -0.05) is 23.7 Å². The second kappa shape index (κ2) is 5.33. The number of nitrogens with zero attached hydrogens (tertiary/aromatic N) is 1. The van der Waals surface area contributed by atoms with Gasteiger partial charge in [-0.05, 0) is 17.7 Å². The van der Waals surface area contributed by atoms with Crippen molar-refractivity contribution in [3.05, 3.63) is 52.3 Å². The number of allylic oxidation sites excluding steroid dienone is 3. The molecule has 1 heterocycles. The van der Waals surface area contributed by atoms with Crippen LogP contribution in [0, 0.1) is 0 Å². The fourth-order valence-corrected chi connectivity index (χ4v) is 2.43. The van der Waals surface area contributed by atoms with E-state index in [-0.39, 0.29) is 13.0 Å². The number of rotatable bonds is 3. The zero-order valence-electron chi connectivity index (χ0n) is 9.94. The van der Waals surface area contributed by atoms with E-state index in [2.05, 4.69) is 4.98 Å². The highest BCUT2D eigenvalue weighted by molar-refractivity contribution is 6.40. The maximum atomic E-state index is 11.3. The zero-order valence-corrected chi connectivity index (χ0v) is 11.4. The standard InChI is InChI=1S/C13H12Cl2N2O2/c14-11-4-1-8(12(16)19)5-13(11,15)9-2-3-10(7-18)17-6-9/h1-4,6,18H,5,7H2,(H2,16,19). The number of alkyl halides is 1. The normalized spacial score (nSPS) is 22.7. The van der Waals surface area contributed by atoms with Gasteiger partial charge in [0.2, 0.25) is 5.91 Å². The Kier molecular flexibility index (Phi) is 3.94. The minimum absolute atomic E-state index is 0.147. The van der Waals surface area contributed by atoms with Crippen molar-refractivity contribution in [1.29, 1.82) is 0 Å². The first-order valence-electron chi connectivity index (χ1n) is 5.59. The van der Waals surface area contributed by atoms with Gasteiger partial charge in [0.05, 0.1) is 12.3 Å². The molecule has 0 radical (unpaired) electrons. The van der Waals surface area contributed by atoms with E-state index < -0.39 is 10.8 Å². The van der Waals surface area contributed by atoms with Gasteiger partial charge in [0.25, 0.3) is 0 Å². The van der Waals surface area contributed by atoms with Gasteiger partial charge in [0, 0.05) is 23.2 Å². The zero-order chi connectivity index (χ0) is 14.0. The average molecular weight is 299 g/mol. The van der Waals surface area contributed by atoms with E-state index in [1.165, 1.54) is 0 Å².